The predicted molar refractivity (Wildman–Crippen MR) is 123 cm³/mol. The molecule has 176 valence electrons. The quantitative estimate of drug-likeness (QED) is 0.624. The van der Waals surface area contributed by atoms with E-state index in [1.54, 1.807) is 12.1 Å². The molecule has 0 unspecified atom stereocenters. The highest BCUT2D eigenvalue weighted by atomic mass is 19.1. The van der Waals surface area contributed by atoms with E-state index in [9.17, 15) is 9.59 Å². The fourth-order valence-corrected chi connectivity index (χ4v) is 4.18. The number of rotatable bonds is 5. The number of anilines is 1. The topological polar surface area (TPSA) is 92.6 Å². The average molecular weight is 465 g/mol. The molecular weight excluding hydrogens is 439 g/mol. The van der Waals surface area contributed by atoms with Gasteiger partial charge in [0, 0.05) is 24.6 Å². The van der Waals surface area contributed by atoms with Crippen LogP contribution >= 0.6 is 0 Å². The summed E-state index contributed by atoms with van der Waals surface area (Å²) >= 11 is 0. The van der Waals surface area contributed by atoms with Gasteiger partial charge in [-0.2, -0.15) is 5.10 Å². The van der Waals surface area contributed by atoms with Crippen molar-refractivity contribution in [3.05, 3.63) is 54.1 Å². The largest absolute Gasteiger partial charge is 0.442 e. The van der Waals surface area contributed by atoms with Gasteiger partial charge < -0.3 is 10.1 Å². The molecule has 3 aromatic rings. The van der Waals surface area contributed by atoms with Crippen LogP contribution in [0.3, 0.4) is 0 Å². The number of carbonyl (C=O) groups is 2. The predicted octanol–water partition coefficient (Wildman–Crippen LogP) is 2.66. The number of likely N-dealkylation sites (N-methyl/N-ethyl adjacent to an activating group) is 1. The van der Waals surface area contributed by atoms with Gasteiger partial charge in [-0.3, -0.25) is 14.6 Å². The molecule has 0 saturated carbocycles. The van der Waals surface area contributed by atoms with Crippen LogP contribution < -0.4 is 10.2 Å². The molecule has 2 amide bonds. The summed E-state index contributed by atoms with van der Waals surface area (Å²) in [6.45, 7) is 4.37. The molecule has 1 atom stereocenters. The molecule has 9 nitrogen and oxygen atoms in total. The molecule has 1 saturated heterocycles. The third-order valence-electron chi connectivity index (χ3n) is 6.02. The first-order valence-electron chi connectivity index (χ1n) is 11.1. The van der Waals surface area contributed by atoms with Crippen LogP contribution in [0.5, 0.6) is 0 Å². The van der Waals surface area contributed by atoms with Gasteiger partial charge in [0.05, 0.1) is 31.9 Å². The van der Waals surface area contributed by atoms with Gasteiger partial charge >= 0.3 is 6.09 Å². The first kappa shape index (κ1) is 22.0. The lowest BCUT2D eigenvalue weighted by molar-refractivity contribution is -0.119. The van der Waals surface area contributed by atoms with Crippen molar-refractivity contribution >= 4 is 17.7 Å². The first-order chi connectivity index (χ1) is 16.4. The van der Waals surface area contributed by atoms with Crippen molar-refractivity contribution in [1.29, 1.82) is 0 Å². The fraction of sp³-hybridized carbons (Fsp3) is 0.333. The second-order valence-corrected chi connectivity index (χ2v) is 8.61. The van der Waals surface area contributed by atoms with Gasteiger partial charge in [-0.25, -0.2) is 18.9 Å². The maximum absolute atomic E-state index is 15.0. The highest BCUT2D eigenvalue weighted by molar-refractivity contribution is 5.90. The Morgan fingerprint density at radius 1 is 1.18 bits per heavy atom. The molecular formula is C24H25FN6O3. The molecule has 0 bridgehead atoms. The van der Waals surface area contributed by atoms with E-state index in [1.807, 2.05) is 28.9 Å². The summed E-state index contributed by atoms with van der Waals surface area (Å²) in [5.41, 5.74) is 2.42. The van der Waals surface area contributed by atoms with Crippen molar-refractivity contribution in [3.63, 3.8) is 0 Å². The Morgan fingerprint density at radius 2 is 1.94 bits per heavy atom. The van der Waals surface area contributed by atoms with Gasteiger partial charge in [-0.05, 0) is 30.8 Å². The maximum Gasteiger partial charge on any atom is 0.414 e. The van der Waals surface area contributed by atoms with Crippen molar-refractivity contribution in [1.82, 2.24) is 25.0 Å². The van der Waals surface area contributed by atoms with Crippen molar-refractivity contribution < 1.29 is 18.7 Å². The van der Waals surface area contributed by atoms with Gasteiger partial charge in [0.1, 0.15) is 17.7 Å². The molecule has 3 heterocycles. The average Bonchev–Trinajstić information content (AvgIpc) is 3.40. The van der Waals surface area contributed by atoms with E-state index in [1.165, 1.54) is 17.9 Å². The van der Waals surface area contributed by atoms with E-state index < -0.39 is 18.0 Å². The van der Waals surface area contributed by atoms with Crippen LogP contribution in [0.2, 0.25) is 0 Å². The molecule has 0 aliphatic carbocycles. The van der Waals surface area contributed by atoms with E-state index >= 15 is 4.39 Å². The Balaban J connectivity index is 1.31. The summed E-state index contributed by atoms with van der Waals surface area (Å²) < 4.78 is 22.2. The van der Waals surface area contributed by atoms with Crippen LogP contribution in [0.4, 0.5) is 14.9 Å². The zero-order chi connectivity index (χ0) is 23.8. The Kier molecular flexibility index (Phi) is 5.74. The molecule has 2 aliphatic rings. The number of amides is 2. The van der Waals surface area contributed by atoms with Gasteiger partial charge in [0.15, 0.2) is 5.82 Å². The number of aromatic nitrogens is 3. The minimum atomic E-state index is -0.562. The number of ether oxygens (including phenoxy) is 1. The lowest BCUT2D eigenvalue weighted by Gasteiger charge is -2.21. The lowest BCUT2D eigenvalue weighted by atomic mass is 10.0. The second-order valence-electron chi connectivity index (χ2n) is 8.61. The number of carbonyl (C=O) groups excluding carboxylic acids is 2. The Labute approximate surface area is 196 Å². The van der Waals surface area contributed by atoms with Crippen LogP contribution in [0.25, 0.3) is 22.5 Å². The monoisotopic (exact) mass is 464 g/mol. The van der Waals surface area contributed by atoms with Gasteiger partial charge in [0.25, 0.3) is 0 Å². The third-order valence-corrected chi connectivity index (χ3v) is 6.02. The van der Waals surface area contributed by atoms with Crippen molar-refractivity contribution in [3.8, 4) is 22.5 Å². The SMILES string of the molecule is CC(=O)NC[C@H]1CN(c2ccc(-c3ccc(-c4nc5n(n4)CCN(C)C5)cc3)c(F)c2)C(=O)O1. The Bertz CT molecular complexity index is 1240. The van der Waals surface area contributed by atoms with E-state index in [2.05, 4.69) is 27.3 Å². The zero-order valence-electron chi connectivity index (χ0n) is 19.0. The van der Waals surface area contributed by atoms with Gasteiger partial charge in [0.2, 0.25) is 5.91 Å². The molecule has 2 aromatic carbocycles. The molecule has 1 aromatic heterocycles. The zero-order valence-corrected chi connectivity index (χ0v) is 19.0. The maximum atomic E-state index is 15.0. The van der Waals surface area contributed by atoms with E-state index in [-0.39, 0.29) is 19.0 Å². The molecule has 2 aliphatic heterocycles. The molecule has 0 spiro atoms. The highest BCUT2D eigenvalue weighted by Gasteiger charge is 2.32. The number of halogens is 1. The number of hydrogen-bond acceptors (Lipinski definition) is 6. The number of nitrogens with zero attached hydrogens (tertiary/aromatic N) is 5. The van der Waals surface area contributed by atoms with Gasteiger partial charge in [-0.15, -0.1) is 0 Å². The molecule has 34 heavy (non-hydrogen) atoms. The van der Waals surface area contributed by atoms with Crippen LogP contribution in [-0.4, -0.2) is 64.5 Å². The summed E-state index contributed by atoms with van der Waals surface area (Å²) in [5.74, 6) is 0.956. The second kappa shape index (κ2) is 8.86. The third kappa shape index (κ3) is 4.36. The van der Waals surface area contributed by atoms with Crippen LogP contribution in [0.1, 0.15) is 12.7 Å². The number of hydrogen-bond donors (Lipinski definition) is 1. The molecule has 10 heteroatoms. The number of benzene rings is 2. The molecule has 5 rings (SSSR count). The first-order valence-corrected chi connectivity index (χ1v) is 11.1. The molecule has 1 fully saturated rings. The normalized spacial score (nSPS) is 18.0. The molecule has 1 N–H and O–H groups in total. The standard InChI is InChI=1S/C24H25FN6O3/c1-15(32)26-12-19-13-30(24(33)34-19)18-7-8-20(21(25)11-18)16-3-5-17(6-4-16)23-27-22-14-29(2)9-10-31(22)28-23/h3-8,11,19H,9-10,12-14H2,1-2H3,(H,26,32)/t19-/m0/s1. The summed E-state index contributed by atoms with van der Waals surface area (Å²) in [7, 11) is 2.06. The highest BCUT2D eigenvalue weighted by Crippen LogP contribution is 2.30. The molecule has 0 radical (unpaired) electrons. The van der Waals surface area contributed by atoms with Gasteiger partial charge in [-0.1, -0.05) is 24.3 Å². The number of fused-ring (bicyclic) bond motifs is 1. The summed E-state index contributed by atoms with van der Waals surface area (Å²) in [6, 6.07) is 12.1. The fourth-order valence-electron chi connectivity index (χ4n) is 4.18. The van der Waals surface area contributed by atoms with E-state index in [4.69, 9.17) is 4.74 Å². The summed E-state index contributed by atoms with van der Waals surface area (Å²) in [4.78, 5) is 31.5. The number of cyclic esters (lactones) is 1. The van der Waals surface area contributed by atoms with Crippen LogP contribution in [-0.2, 0) is 22.6 Å². The Hall–Kier alpha value is -3.79. The van der Waals surface area contributed by atoms with E-state index in [0.29, 0.717) is 22.6 Å². The summed E-state index contributed by atoms with van der Waals surface area (Å²) in [6.07, 6.45) is -1.04. The minimum Gasteiger partial charge on any atom is -0.442 e. The van der Waals surface area contributed by atoms with Crippen molar-refractivity contribution in [2.45, 2.75) is 26.1 Å². The van der Waals surface area contributed by atoms with E-state index in [0.717, 1.165) is 31.0 Å². The lowest BCUT2D eigenvalue weighted by Crippen LogP contribution is -2.33. The van der Waals surface area contributed by atoms with Crippen LogP contribution in [0, 0.1) is 5.82 Å². The van der Waals surface area contributed by atoms with Crippen LogP contribution in [0.15, 0.2) is 42.5 Å². The minimum absolute atomic E-state index is 0.202. The van der Waals surface area contributed by atoms with Crippen molar-refractivity contribution in [2.75, 3.05) is 31.6 Å². The smallest absolute Gasteiger partial charge is 0.414 e. The van der Waals surface area contributed by atoms with Crippen molar-refractivity contribution in [2.24, 2.45) is 0 Å². The number of nitrogens with one attached hydrogen (secondary N) is 1. The Morgan fingerprint density at radius 3 is 2.68 bits per heavy atom. The summed E-state index contributed by atoms with van der Waals surface area (Å²) in [5, 5.41) is 7.22.